The maximum atomic E-state index is 6.55. The van der Waals surface area contributed by atoms with E-state index in [2.05, 4.69) is 223 Å². The van der Waals surface area contributed by atoms with Crippen LogP contribution in [-0.4, -0.2) is 4.98 Å². The van der Waals surface area contributed by atoms with Gasteiger partial charge in [0.25, 0.3) is 0 Å². The predicted molar refractivity (Wildman–Crippen MR) is 243 cm³/mol. The number of benzene rings is 10. The molecular weight excluding hydrogens is 705 g/mol. The third kappa shape index (κ3) is 6.16. The highest BCUT2D eigenvalue weighted by atomic mass is 16.3. The lowest BCUT2D eigenvalue weighted by molar-refractivity contribution is 0.623. The summed E-state index contributed by atoms with van der Waals surface area (Å²) in [5, 5.41) is 6.95. The van der Waals surface area contributed by atoms with Crippen molar-refractivity contribution in [2.45, 2.75) is 0 Å². The third-order valence-corrected chi connectivity index (χ3v) is 11.2. The van der Waals surface area contributed by atoms with Gasteiger partial charge in [0, 0.05) is 28.0 Å². The average molecular weight is 741 g/mol. The van der Waals surface area contributed by atoms with Crippen molar-refractivity contribution in [1.29, 1.82) is 0 Å². The summed E-state index contributed by atoms with van der Waals surface area (Å²) in [6.07, 6.45) is 0. The topological polar surface area (TPSA) is 29.3 Å². The van der Waals surface area contributed by atoms with Crippen molar-refractivity contribution in [2.75, 3.05) is 4.90 Å². The fraction of sp³-hybridized carbons (Fsp3) is 0. The molecule has 0 saturated carbocycles. The molecule has 0 N–H and O–H groups in total. The molecule has 0 aliphatic carbocycles. The number of hydrogen-bond acceptors (Lipinski definition) is 3. The van der Waals surface area contributed by atoms with Gasteiger partial charge in [-0.25, -0.2) is 4.98 Å². The Bertz CT molecular complexity index is 3290. The number of oxazole rings is 1. The Morgan fingerprint density at radius 2 is 0.828 bits per heavy atom. The van der Waals surface area contributed by atoms with Gasteiger partial charge in [0.15, 0.2) is 5.58 Å². The quantitative estimate of drug-likeness (QED) is 0.163. The van der Waals surface area contributed by atoms with Crippen molar-refractivity contribution in [3.05, 3.63) is 218 Å². The first-order chi connectivity index (χ1) is 28.7. The van der Waals surface area contributed by atoms with Crippen molar-refractivity contribution in [3.8, 4) is 44.8 Å². The van der Waals surface area contributed by atoms with E-state index in [1.54, 1.807) is 0 Å². The van der Waals surface area contributed by atoms with E-state index in [1.165, 1.54) is 32.7 Å². The maximum Gasteiger partial charge on any atom is 0.227 e. The molecule has 10 aromatic carbocycles. The van der Waals surface area contributed by atoms with E-state index in [9.17, 15) is 0 Å². The first-order valence-corrected chi connectivity index (χ1v) is 19.7. The molecule has 0 saturated heterocycles. The van der Waals surface area contributed by atoms with Gasteiger partial charge in [0.05, 0.1) is 0 Å². The summed E-state index contributed by atoms with van der Waals surface area (Å²) < 4.78 is 6.55. The van der Waals surface area contributed by atoms with Crippen LogP contribution < -0.4 is 4.90 Å². The molecular formula is C55H36N2O. The Hall–Kier alpha value is -7.75. The zero-order valence-electron chi connectivity index (χ0n) is 31.6. The van der Waals surface area contributed by atoms with E-state index >= 15 is 0 Å². The second-order valence-corrected chi connectivity index (χ2v) is 14.8. The van der Waals surface area contributed by atoms with E-state index in [4.69, 9.17) is 9.40 Å². The monoisotopic (exact) mass is 740 g/mol. The van der Waals surface area contributed by atoms with E-state index in [0.29, 0.717) is 5.89 Å². The van der Waals surface area contributed by atoms with Crippen LogP contribution in [0, 0.1) is 0 Å². The first-order valence-electron chi connectivity index (χ1n) is 19.7. The maximum absolute atomic E-state index is 6.55. The zero-order valence-corrected chi connectivity index (χ0v) is 31.6. The van der Waals surface area contributed by atoms with Crippen LogP contribution in [-0.2, 0) is 0 Å². The SMILES string of the molecule is c1ccc(-c2ccc(N(c3cccc(-c4cccc(-c5ccc6ccc7nc(-c8ccc9ccccc9c8)oc7c6c5)c4)c3)c3ccc4ccccc4c3)cc2)cc1. The van der Waals surface area contributed by atoms with E-state index in [-0.39, 0.29) is 0 Å². The minimum absolute atomic E-state index is 0.630. The van der Waals surface area contributed by atoms with Crippen molar-refractivity contribution in [2.24, 2.45) is 0 Å². The van der Waals surface area contributed by atoms with Gasteiger partial charge in [-0.3, -0.25) is 0 Å². The van der Waals surface area contributed by atoms with Crippen LogP contribution in [0.15, 0.2) is 223 Å². The van der Waals surface area contributed by atoms with Gasteiger partial charge < -0.3 is 9.32 Å². The summed E-state index contributed by atoms with van der Waals surface area (Å²) in [5.74, 6) is 0.630. The number of anilines is 3. The molecule has 272 valence electrons. The number of rotatable bonds is 7. The largest absolute Gasteiger partial charge is 0.435 e. The molecule has 0 unspecified atom stereocenters. The predicted octanol–water partition coefficient (Wildman–Crippen LogP) is 15.4. The summed E-state index contributed by atoms with van der Waals surface area (Å²) >= 11 is 0. The highest BCUT2D eigenvalue weighted by molar-refractivity contribution is 6.05. The number of hydrogen-bond donors (Lipinski definition) is 0. The smallest absolute Gasteiger partial charge is 0.227 e. The normalized spacial score (nSPS) is 11.4. The first kappa shape index (κ1) is 33.6. The molecule has 1 aromatic heterocycles. The minimum Gasteiger partial charge on any atom is -0.435 e. The molecule has 0 aliphatic heterocycles. The lowest BCUT2D eigenvalue weighted by atomic mass is 9.96. The molecule has 0 bridgehead atoms. The summed E-state index contributed by atoms with van der Waals surface area (Å²) in [4.78, 5) is 7.28. The molecule has 0 aliphatic rings. The van der Waals surface area contributed by atoms with Crippen LogP contribution in [0.25, 0.3) is 88.3 Å². The molecule has 58 heavy (non-hydrogen) atoms. The Morgan fingerprint density at radius 1 is 0.310 bits per heavy atom. The van der Waals surface area contributed by atoms with Gasteiger partial charge >= 0.3 is 0 Å². The molecule has 3 heteroatoms. The molecule has 0 radical (unpaired) electrons. The van der Waals surface area contributed by atoms with Crippen LogP contribution in [0.3, 0.4) is 0 Å². The van der Waals surface area contributed by atoms with Gasteiger partial charge in [-0.15, -0.1) is 0 Å². The Balaban J connectivity index is 0.965. The summed E-state index contributed by atoms with van der Waals surface area (Å²) in [5.41, 5.74) is 12.9. The Kier molecular flexibility index (Phi) is 8.15. The van der Waals surface area contributed by atoms with Gasteiger partial charge in [-0.2, -0.15) is 0 Å². The third-order valence-electron chi connectivity index (χ3n) is 11.2. The van der Waals surface area contributed by atoms with Crippen molar-refractivity contribution in [1.82, 2.24) is 4.98 Å². The molecule has 11 rings (SSSR count). The highest BCUT2D eigenvalue weighted by Gasteiger charge is 2.16. The molecule has 11 aromatic rings. The molecule has 3 nitrogen and oxygen atoms in total. The van der Waals surface area contributed by atoms with E-state index in [0.717, 1.165) is 66.8 Å². The van der Waals surface area contributed by atoms with Gasteiger partial charge in [-0.05, 0) is 127 Å². The van der Waals surface area contributed by atoms with Crippen molar-refractivity contribution >= 4 is 60.5 Å². The number of aromatic nitrogens is 1. The van der Waals surface area contributed by atoms with Crippen molar-refractivity contribution < 1.29 is 4.42 Å². The van der Waals surface area contributed by atoms with Crippen LogP contribution >= 0.6 is 0 Å². The Labute approximate surface area is 336 Å². The van der Waals surface area contributed by atoms with Crippen molar-refractivity contribution in [3.63, 3.8) is 0 Å². The van der Waals surface area contributed by atoms with Crippen LogP contribution in [0.2, 0.25) is 0 Å². The Morgan fingerprint density at radius 3 is 1.60 bits per heavy atom. The zero-order chi connectivity index (χ0) is 38.4. The van der Waals surface area contributed by atoms with Gasteiger partial charge in [-0.1, -0.05) is 152 Å². The molecule has 1 heterocycles. The fourth-order valence-electron chi connectivity index (χ4n) is 8.23. The number of nitrogens with zero attached hydrogens (tertiary/aromatic N) is 2. The fourth-order valence-corrected chi connectivity index (χ4v) is 8.23. The lowest BCUT2D eigenvalue weighted by Crippen LogP contribution is -2.10. The molecule has 0 atom stereocenters. The standard InChI is InChI=1S/C55H36N2O/c1-2-10-37(11-3-1)40-24-28-49(29-25-40)57(51-30-26-39-13-5-7-15-45(39)34-51)50-19-9-18-46(35-50)43-16-8-17-44(32-43)47-22-21-41-27-31-53-54(52(41)36-47)58-55(56-53)48-23-20-38-12-4-6-14-42(38)33-48/h1-36H. The second-order valence-electron chi connectivity index (χ2n) is 14.8. The lowest BCUT2D eigenvalue weighted by Gasteiger charge is -2.26. The van der Waals surface area contributed by atoms with Crippen LogP contribution in [0.5, 0.6) is 0 Å². The summed E-state index contributed by atoms with van der Waals surface area (Å²) in [6.45, 7) is 0. The summed E-state index contributed by atoms with van der Waals surface area (Å²) in [6, 6.07) is 77.9. The number of fused-ring (bicyclic) bond motifs is 5. The second kappa shape index (κ2) is 14.1. The van der Waals surface area contributed by atoms with Gasteiger partial charge in [0.1, 0.15) is 5.52 Å². The van der Waals surface area contributed by atoms with E-state index in [1.807, 2.05) is 0 Å². The van der Waals surface area contributed by atoms with E-state index < -0.39 is 0 Å². The molecule has 0 fully saturated rings. The molecule has 0 amide bonds. The van der Waals surface area contributed by atoms with Crippen LogP contribution in [0.4, 0.5) is 17.1 Å². The minimum atomic E-state index is 0.630. The highest BCUT2D eigenvalue weighted by Crippen LogP contribution is 2.40. The average Bonchev–Trinajstić information content (AvgIpc) is 3.75. The van der Waals surface area contributed by atoms with Gasteiger partial charge in [0.2, 0.25) is 5.89 Å². The molecule has 0 spiro atoms. The van der Waals surface area contributed by atoms with Crippen LogP contribution in [0.1, 0.15) is 0 Å². The summed E-state index contributed by atoms with van der Waals surface area (Å²) in [7, 11) is 0.